The Morgan fingerprint density at radius 2 is 2.08 bits per heavy atom. The standard InChI is InChI=1S/C9H8Br2N2/c10-7-4-3-6(2-1-5-12)8(11)9(7)13/h3-4H,1-2,13H2. The maximum absolute atomic E-state index is 8.44. The van der Waals surface area contributed by atoms with E-state index < -0.39 is 0 Å². The van der Waals surface area contributed by atoms with Crippen molar-refractivity contribution in [1.82, 2.24) is 0 Å². The smallest absolute Gasteiger partial charge is 0.0625 e. The highest BCUT2D eigenvalue weighted by Crippen LogP contribution is 2.31. The van der Waals surface area contributed by atoms with Gasteiger partial charge < -0.3 is 5.73 Å². The Labute approximate surface area is 94.0 Å². The Morgan fingerprint density at radius 1 is 1.38 bits per heavy atom. The van der Waals surface area contributed by atoms with E-state index in [1.807, 2.05) is 12.1 Å². The van der Waals surface area contributed by atoms with E-state index in [2.05, 4.69) is 37.9 Å². The molecule has 13 heavy (non-hydrogen) atoms. The van der Waals surface area contributed by atoms with Crippen LogP contribution in [0, 0.1) is 11.3 Å². The first-order valence-corrected chi connectivity index (χ1v) is 5.34. The van der Waals surface area contributed by atoms with Crippen LogP contribution in [0.4, 0.5) is 5.69 Å². The molecule has 4 heteroatoms. The maximum Gasteiger partial charge on any atom is 0.0625 e. The number of nitriles is 1. The summed E-state index contributed by atoms with van der Waals surface area (Å²) in [6.45, 7) is 0. The van der Waals surface area contributed by atoms with Crippen LogP contribution in [0.2, 0.25) is 0 Å². The van der Waals surface area contributed by atoms with Gasteiger partial charge in [-0.2, -0.15) is 5.26 Å². The number of nitrogen functional groups attached to an aromatic ring is 1. The van der Waals surface area contributed by atoms with Gasteiger partial charge in [0.25, 0.3) is 0 Å². The van der Waals surface area contributed by atoms with Gasteiger partial charge in [0.05, 0.1) is 11.8 Å². The fraction of sp³-hybridized carbons (Fsp3) is 0.222. The van der Waals surface area contributed by atoms with E-state index in [0.717, 1.165) is 20.9 Å². The lowest BCUT2D eigenvalue weighted by Crippen LogP contribution is -1.93. The molecular weight excluding hydrogens is 296 g/mol. The molecule has 0 saturated heterocycles. The van der Waals surface area contributed by atoms with Gasteiger partial charge in [-0.15, -0.1) is 0 Å². The Kier molecular flexibility index (Phi) is 3.76. The number of aryl methyl sites for hydroxylation is 1. The Bertz CT molecular complexity index is 355. The molecule has 0 radical (unpaired) electrons. The molecule has 0 aromatic heterocycles. The topological polar surface area (TPSA) is 49.8 Å². The number of halogens is 2. The van der Waals surface area contributed by atoms with E-state index in [1.165, 1.54) is 0 Å². The van der Waals surface area contributed by atoms with Crippen molar-refractivity contribution in [3.05, 3.63) is 26.6 Å². The van der Waals surface area contributed by atoms with Gasteiger partial charge in [-0.3, -0.25) is 0 Å². The minimum Gasteiger partial charge on any atom is -0.397 e. The van der Waals surface area contributed by atoms with Crippen LogP contribution in [0.15, 0.2) is 21.1 Å². The number of anilines is 1. The van der Waals surface area contributed by atoms with Gasteiger partial charge in [0, 0.05) is 15.4 Å². The molecule has 0 unspecified atom stereocenters. The summed E-state index contributed by atoms with van der Waals surface area (Å²) in [5, 5.41) is 8.44. The van der Waals surface area contributed by atoms with E-state index >= 15 is 0 Å². The van der Waals surface area contributed by atoms with Gasteiger partial charge in [-0.05, 0) is 49.9 Å². The molecule has 0 atom stereocenters. The maximum atomic E-state index is 8.44. The number of nitrogens with two attached hydrogens (primary N) is 1. The van der Waals surface area contributed by atoms with E-state index in [9.17, 15) is 0 Å². The average molecular weight is 304 g/mol. The van der Waals surface area contributed by atoms with Gasteiger partial charge >= 0.3 is 0 Å². The SMILES string of the molecule is N#CCCc1ccc(Br)c(N)c1Br. The van der Waals surface area contributed by atoms with Crippen molar-refractivity contribution in [3.8, 4) is 6.07 Å². The minimum atomic E-state index is 0.514. The second kappa shape index (κ2) is 4.64. The number of hydrogen-bond donors (Lipinski definition) is 1. The van der Waals surface area contributed by atoms with E-state index in [-0.39, 0.29) is 0 Å². The van der Waals surface area contributed by atoms with E-state index in [0.29, 0.717) is 12.1 Å². The minimum absolute atomic E-state index is 0.514. The lowest BCUT2D eigenvalue weighted by molar-refractivity contribution is 1.00. The molecule has 0 aliphatic carbocycles. The molecule has 68 valence electrons. The number of nitrogens with zero attached hydrogens (tertiary/aromatic N) is 1. The van der Waals surface area contributed by atoms with Crippen LogP contribution in [-0.2, 0) is 6.42 Å². The normalized spacial score (nSPS) is 9.62. The molecule has 0 aliphatic heterocycles. The number of hydrogen-bond acceptors (Lipinski definition) is 2. The zero-order chi connectivity index (χ0) is 9.84. The second-order valence-corrected chi connectivity index (χ2v) is 4.24. The predicted molar refractivity (Wildman–Crippen MR) is 60.2 cm³/mol. The predicted octanol–water partition coefficient (Wildman–Crippen LogP) is 3.25. The van der Waals surface area contributed by atoms with Crippen LogP contribution in [0.25, 0.3) is 0 Å². The lowest BCUT2D eigenvalue weighted by atomic mass is 10.1. The largest absolute Gasteiger partial charge is 0.397 e. The first-order chi connectivity index (χ1) is 6.16. The van der Waals surface area contributed by atoms with Crippen LogP contribution in [0.3, 0.4) is 0 Å². The van der Waals surface area contributed by atoms with Crippen LogP contribution >= 0.6 is 31.9 Å². The van der Waals surface area contributed by atoms with E-state index in [4.69, 9.17) is 11.0 Å². The third-order valence-electron chi connectivity index (χ3n) is 1.71. The van der Waals surface area contributed by atoms with Crippen molar-refractivity contribution in [2.24, 2.45) is 0 Å². The lowest BCUT2D eigenvalue weighted by Gasteiger charge is -2.06. The van der Waals surface area contributed by atoms with Crippen LogP contribution < -0.4 is 5.73 Å². The van der Waals surface area contributed by atoms with Crippen molar-refractivity contribution >= 4 is 37.5 Å². The molecule has 0 aliphatic rings. The molecule has 0 fully saturated rings. The molecule has 0 bridgehead atoms. The molecule has 2 nitrogen and oxygen atoms in total. The van der Waals surface area contributed by atoms with Gasteiger partial charge in [0.1, 0.15) is 0 Å². The first-order valence-electron chi connectivity index (χ1n) is 3.76. The average Bonchev–Trinajstić information content (AvgIpc) is 2.13. The summed E-state index contributed by atoms with van der Waals surface area (Å²) >= 11 is 6.73. The molecule has 0 amide bonds. The fourth-order valence-electron chi connectivity index (χ4n) is 0.998. The quantitative estimate of drug-likeness (QED) is 0.853. The first kappa shape index (κ1) is 10.6. The van der Waals surface area contributed by atoms with E-state index in [1.54, 1.807) is 0 Å². The highest BCUT2D eigenvalue weighted by Gasteiger charge is 2.05. The summed E-state index contributed by atoms with van der Waals surface area (Å²) in [6, 6.07) is 5.96. The van der Waals surface area contributed by atoms with Crippen molar-refractivity contribution in [3.63, 3.8) is 0 Å². The summed E-state index contributed by atoms with van der Waals surface area (Å²) in [6.07, 6.45) is 1.24. The summed E-state index contributed by atoms with van der Waals surface area (Å²) in [5.74, 6) is 0. The Hall–Kier alpha value is -0.530. The second-order valence-electron chi connectivity index (χ2n) is 2.59. The van der Waals surface area contributed by atoms with Crippen LogP contribution in [0.1, 0.15) is 12.0 Å². The summed E-state index contributed by atoms with van der Waals surface area (Å²) < 4.78 is 1.76. The Morgan fingerprint density at radius 3 is 2.69 bits per heavy atom. The zero-order valence-corrected chi connectivity index (χ0v) is 10.0. The summed E-state index contributed by atoms with van der Waals surface area (Å²) in [7, 11) is 0. The molecule has 1 aromatic rings. The van der Waals surface area contributed by atoms with Crippen molar-refractivity contribution in [2.45, 2.75) is 12.8 Å². The number of rotatable bonds is 2. The monoisotopic (exact) mass is 302 g/mol. The fourth-order valence-corrected chi connectivity index (χ4v) is 2.14. The third kappa shape index (κ3) is 2.45. The summed E-state index contributed by atoms with van der Waals surface area (Å²) in [4.78, 5) is 0. The highest BCUT2D eigenvalue weighted by molar-refractivity contribution is 9.11. The molecule has 1 aromatic carbocycles. The van der Waals surface area contributed by atoms with Gasteiger partial charge in [0.15, 0.2) is 0 Å². The molecule has 0 spiro atoms. The van der Waals surface area contributed by atoms with Gasteiger partial charge in [0.2, 0.25) is 0 Å². The molecule has 1 rings (SSSR count). The van der Waals surface area contributed by atoms with Crippen LogP contribution in [0.5, 0.6) is 0 Å². The number of benzene rings is 1. The molecule has 0 saturated carbocycles. The van der Waals surface area contributed by atoms with Gasteiger partial charge in [-0.25, -0.2) is 0 Å². The highest BCUT2D eigenvalue weighted by atomic mass is 79.9. The molecule has 0 heterocycles. The molecular formula is C9H8Br2N2. The molecule has 2 N–H and O–H groups in total. The Balaban J connectivity index is 2.98. The van der Waals surface area contributed by atoms with Crippen LogP contribution in [-0.4, -0.2) is 0 Å². The van der Waals surface area contributed by atoms with Crippen molar-refractivity contribution < 1.29 is 0 Å². The van der Waals surface area contributed by atoms with Crippen molar-refractivity contribution in [1.29, 1.82) is 5.26 Å². The van der Waals surface area contributed by atoms with Crippen molar-refractivity contribution in [2.75, 3.05) is 5.73 Å². The van der Waals surface area contributed by atoms with Gasteiger partial charge in [-0.1, -0.05) is 6.07 Å². The third-order valence-corrected chi connectivity index (χ3v) is 3.34. The summed E-state index contributed by atoms with van der Waals surface area (Å²) in [5.41, 5.74) is 7.54. The zero-order valence-electron chi connectivity index (χ0n) is 6.85.